The molecule has 106 valence electrons. The third-order valence-electron chi connectivity index (χ3n) is 3.02. The molecule has 3 aromatic rings. The van der Waals surface area contributed by atoms with Crippen molar-refractivity contribution in [3.05, 3.63) is 64.4 Å². The van der Waals surface area contributed by atoms with Gasteiger partial charge in [0, 0.05) is 16.2 Å². The number of fused-ring (bicyclic) bond motifs is 1. The van der Waals surface area contributed by atoms with Crippen LogP contribution in [0, 0.1) is 0 Å². The molecule has 1 N–H and O–H groups in total. The van der Waals surface area contributed by atoms with Gasteiger partial charge in [-0.25, -0.2) is 4.79 Å². The van der Waals surface area contributed by atoms with Crippen molar-refractivity contribution in [2.75, 3.05) is 0 Å². The molecule has 1 aromatic carbocycles. The first-order chi connectivity index (χ1) is 10.2. The zero-order valence-corrected chi connectivity index (χ0v) is 12.4. The molecule has 0 saturated carbocycles. The summed E-state index contributed by atoms with van der Waals surface area (Å²) < 4.78 is 8.01. The zero-order chi connectivity index (χ0) is 14.8. The van der Waals surface area contributed by atoms with Gasteiger partial charge in [0.1, 0.15) is 12.3 Å². The molecule has 0 atom stereocenters. The highest BCUT2D eigenvalue weighted by Gasteiger charge is 2.20. The Kier molecular flexibility index (Phi) is 3.62. The minimum absolute atomic E-state index is 0.0256. The van der Waals surface area contributed by atoms with Crippen LogP contribution in [0.15, 0.2) is 53.1 Å². The molecule has 0 fully saturated rings. The van der Waals surface area contributed by atoms with Gasteiger partial charge in [0.05, 0.1) is 0 Å². The molecule has 0 unspecified atom stereocenters. The van der Waals surface area contributed by atoms with Gasteiger partial charge in [0.2, 0.25) is 5.88 Å². The molecule has 0 aliphatic heterocycles. The van der Waals surface area contributed by atoms with Crippen LogP contribution in [-0.2, 0) is 6.61 Å². The van der Waals surface area contributed by atoms with Gasteiger partial charge in [-0.3, -0.25) is 4.40 Å². The van der Waals surface area contributed by atoms with Crippen LogP contribution in [0.5, 0.6) is 5.88 Å². The van der Waals surface area contributed by atoms with Gasteiger partial charge < -0.3 is 9.84 Å². The van der Waals surface area contributed by atoms with E-state index in [9.17, 15) is 9.90 Å². The monoisotopic (exact) mass is 346 g/mol. The van der Waals surface area contributed by atoms with Gasteiger partial charge >= 0.3 is 5.97 Å². The van der Waals surface area contributed by atoms with Crippen molar-refractivity contribution in [2.45, 2.75) is 6.61 Å². The van der Waals surface area contributed by atoms with Crippen LogP contribution in [0.3, 0.4) is 0 Å². The summed E-state index contributed by atoms with van der Waals surface area (Å²) in [5, 5.41) is 9.35. The first-order valence-electron chi connectivity index (χ1n) is 6.23. The summed E-state index contributed by atoms with van der Waals surface area (Å²) in [5.74, 6) is -0.958. The number of hydrogen-bond acceptors (Lipinski definition) is 3. The van der Waals surface area contributed by atoms with Gasteiger partial charge in [-0.15, -0.1) is 0 Å². The fourth-order valence-electron chi connectivity index (χ4n) is 2.03. The lowest BCUT2D eigenvalue weighted by Crippen LogP contribution is -2.05. The Morgan fingerprint density at radius 1 is 1.24 bits per heavy atom. The van der Waals surface area contributed by atoms with Crippen LogP contribution in [0.2, 0.25) is 0 Å². The smallest absolute Gasteiger partial charge is 0.358 e. The zero-order valence-electron chi connectivity index (χ0n) is 10.9. The third kappa shape index (κ3) is 2.62. The van der Waals surface area contributed by atoms with Crippen molar-refractivity contribution < 1.29 is 14.6 Å². The number of halogens is 1. The Hall–Kier alpha value is -2.34. The van der Waals surface area contributed by atoms with E-state index in [1.807, 2.05) is 24.3 Å². The summed E-state index contributed by atoms with van der Waals surface area (Å²) >= 11 is 3.43. The number of hydrogen-bond donors (Lipinski definition) is 1. The van der Waals surface area contributed by atoms with E-state index in [0.717, 1.165) is 10.0 Å². The van der Waals surface area contributed by atoms with Crippen molar-refractivity contribution in [3.63, 3.8) is 0 Å². The number of carboxylic acids is 1. The molecule has 2 heterocycles. The summed E-state index contributed by atoms with van der Waals surface area (Å²) in [6, 6.07) is 12.9. The van der Waals surface area contributed by atoms with Crippen LogP contribution in [0.4, 0.5) is 0 Å². The van der Waals surface area contributed by atoms with Crippen LogP contribution >= 0.6 is 15.9 Å². The van der Waals surface area contributed by atoms with Crippen molar-refractivity contribution in [2.24, 2.45) is 0 Å². The van der Waals surface area contributed by atoms with E-state index in [-0.39, 0.29) is 18.2 Å². The van der Waals surface area contributed by atoms with Crippen molar-refractivity contribution in [3.8, 4) is 5.88 Å². The number of rotatable bonds is 4. The molecule has 5 nitrogen and oxygen atoms in total. The maximum Gasteiger partial charge on any atom is 0.358 e. The van der Waals surface area contributed by atoms with E-state index in [1.54, 1.807) is 24.4 Å². The summed E-state index contributed by atoms with van der Waals surface area (Å²) in [5.41, 5.74) is 1.49. The van der Waals surface area contributed by atoms with E-state index in [2.05, 4.69) is 20.9 Å². The molecule has 0 radical (unpaired) electrons. The highest BCUT2D eigenvalue weighted by atomic mass is 79.9. The largest absolute Gasteiger partial charge is 0.476 e. The average Bonchev–Trinajstić information content (AvgIpc) is 2.85. The normalized spacial score (nSPS) is 10.7. The number of nitrogens with zero attached hydrogens (tertiary/aromatic N) is 2. The predicted molar refractivity (Wildman–Crippen MR) is 80.6 cm³/mol. The molecule has 0 amide bonds. The Morgan fingerprint density at radius 3 is 2.76 bits per heavy atom. The molecule has 3 rings (SSSR count). The van der Waals surface area contributed by atoms with Gasteiger partial charge in [-0.2, -0.15) is 4.98 Å². The molecular weight excluding hydrogens is 336 g/mol. The third-order valence-corrected chi connectivity index (χ3v) is 3.80. The number of aromatic carboxylic acids is 1. The second-order valence-electron chi connectivity index (χ2n) is 4.38. The second-order valence-corrected chi connectivity index (χ2v) is 5.23. The molecule has 0 bridgehead atoms. The lowest BCUT2D eigenvalue weighted by Gasteiger charge is -2.06. The molecular formula is C15H11BrN2O3. The number of benzene rings is 1. The minimum Gasteiger partial charge on any atom is -0.476 e. The predicted octanol–water partition coefficient (Wildman–Crippen LogP) is 3.37. The number of carbonyl (C=O) groups is 1. The topological polar surface area (TPSA) is 63.8 Å². The molecule has 0 spiro atoms. The first-order valence-corrected chi connectivity index (χ1v) is 7.02. The maximum absolute atomic E-state index is 11.4. The number of pyridine rings is 1. The van der Waals surface area contributed by atoms with E-state index in [0.29, 0.717) is 5.65 Å². The van der Waals surface area contributed by atoms with Crippen LogP contribution in [0.1, 0.15) is 16.1 Å². The first kappa shape index (κ1) is 13.6. The summed E-state index contributed by atoms with van der Waals surface area (Å²) in [7, 11) is 0. The minimum atomic E-state index is -1.07. The lowest BCUT2D eigenvalue weighted by molar-refractivity contribution is 0.0683. The van der Waals surface area contributed by atoms with Crippen molar-refractivity contribution in [1.29, 1.82) is 0 Å². The molecule has 0 aliphatic carbocycles. The van der Waals surface area contributed by atoms with E-state index in [1.165, 1.54) is 4.40 Å². The number of imidazole rings is 1. The quantitative estimate of drug-likeness (QED) is 0.786. The van der Waals surface area contributed by atoms with Gasteiger partial charge in [-0.1, -0.05) is 40.2 Å². The Bertz CT molecular complexity index is 814. The van der Waals surface area contributed by atoms with Crippen LogP contribution in [-0.4, -0.2) is 20.5 Å². The van der Waals surface area contributed by atoms with Crippen LogP contribution < -0.4 is 4.74 Å². The number of aromatic nitrogens is 2. The number of carboxylic acid groups (broad SMARTS) is 1. The standard InChI is InChI=1S/C15H11BrN2O3/c16-11-6-2-1-5-10(11)9-21-14-13(15(19)20)18-8-4-3-7-12(18)17-14/h1-8H,9H2,(H,19,20). The lowest BCUT2D eigenvalue weighted by atomic mass is 10.2. The maximum atomic E-state index is 11.4. The highest BCUT2D eigenvalue weighted by Crippen LogP contribution is 2.23. The van der Waals surface area contributed by atoms with E-state index < -0.39 is 5.97 Å². The summed E-state index contributed by atoms with van der Waals surface area (Å²) in [6.45, 7) is 0.242. The van der Waals surface area contributed by atoms with Crippen molar-refractivity contribution in [1.82, 2.24) is 9.38 Å². The molecule has 21 heavy (non-hydrogen) atoms. The molecule has 0 saturated heterocycles. The summed E-state index contributed by atoms with van der Waals surface area (Å²) in [6.07, 6.45) is 1.65. The average molecular weight is 347 g/mol. The van der Waals surface area contributed by atoms with E-state index in [4.69, 9.17) is 4.74 Å². The van der Waals surface area contributed by atoms with Gasteiger partial charge in [0.25, 0.3) is 0 Å². The fourth-order valence-corrected chi connectivity index (χ4v) is 2.43. The molecule has 2 aromatic heterocycles. The van der Waals surface area contributed by atoms with Gasteiger partial charge in [-0.05, 0) is 18.2 Å². The van der Waals surface area contributed by atoms with E-state index >= 15 is 0 Å². The van der Waals surface area contributed by atoms with Crippen LogP contribution in [0.25, 0.3) is 5.65 Å². The molecule has 6 heteroatoms. The Morgan fingerprint density at radius 2 is 2.00 bits per heavy atom. The summed E-state index contributed by atoms with van der Waals surface area (Å²) in [4.78, 5) is 15.6. The number of ether oxygens (including phenoxy) is 1. The van der Waals surface area contributed by atoms with Gasteiger partial charge in [0.15, 0.2) is 5.69 Å². The Labute approximate surface area is 128 Å². The van der Waals surface area contributed by atoms with Crippen molar-refractivity contribution >= 4 is 27.5 Å². The SMILES string of the molecule is O=C(O)c1c(OCc2ccccc2Br)nc2ccccn12. The fraction of sp³-hybridized carbons (Fsp3) is 0.0667. The Balaban J connectivity index is 1.95. The molecule has 0 aliphatic rings. The second kappa shape index (κ2) is 5.57. The highest BCUT2D eigenvalue weighted by molar-refractivity contribution is 9.10.